The molecule has 0 aliphatic heterocycles. The molecule has 0 saturated heterocycles. The van der Waals surface area contributed by atoms with Crippen molar-refractivity contribution in [2.24, 2.45) is 0 Å². The van der Waals surface area contributed by atoms with E-state index in [0.29, 0.717) is 5.15 Å². The lowest BCUT2D eigenvalue weighted by Gasteiger charge is -2.08. The van der Waals surface area contributed by atoms with E-state index in [2.05, 4.69) is 47.7 Å². The summed E-state index contributed by atoms with van der Waals surface area (Å²) in [6.07, 6.45) is 3.74. The summed E-state index contributed by atoms with van der Waals surface area (Å²) in [6.45, 7) is 4.35. The van der Waals surface area contributed by atoms with E-state index < -0.39 is 0 Å². The molecule has 0 fully saturated rings. The van der Waals surface area contributed by atoms with E-state index in [1.807, 2.05) is 6.07 Å². The maximum Gasteiger partial charge on any atom is 0.187 e. The van der Waals surface area contributed by atoms with Crippen LogP contribution in [0, 0.1) is 0 Å². The second-order valence-electron chi connectivity index (χ2n) is 5.23. The molecule has 0 bridgehead atoms. The van der Waals surface area contributed by atoms with Gasteiger partial charge in [0, 0.05) is 10.9 Å². The summed E-state index contributed by atoms with van der Waals surface area (Å²) in [5, 5.41) is 6.71. The lowest BCUT2D eigenvalue weighted by molar-refractivity contribution is 1.10. The highest BCUT2D eigenvalue weighted by Gasteiger charge is 2.10. The minimum absolute atomic E-state index is 0.486. The van der Waals surface area contributed by atoms with Gasteiger partial charge in [-0.1, -0.05) is 37.6 Å². The van der Waals surface area contributed by atoms with E-state index >= 15 is 0 Å². The molecule has 118 valence electrons. The van der Waals surface area contributed by atoms with Gasteiger partial charge in [0.2, 0.25) is 0 Å². The first kappa shape index (κ1) is 16.0. The SMILES string of the molecule is CCc1ccc(CC)c(-c2csc(Nc3ccc(Cl)nc3)n2)c1. The Morgan fingerprint density at radius 1 is 1.13 bits per heavy atom. The molecule has 5 heteroatoms. The molecule has 2 heterocycles. The Morgan fingerprint density at radius 2 is 2.00 bits per heavy atom. The van der Waals surface area contributed by atoms with Gasteiger partial charge in [0.1, 0.15) is 5.15 Å². The number of halogens is 1. The van der Waals surface area contributed by atoms with Crippen LogP contribution in [0.1, 0.15) is 25.0 Å². The van der Waals surface area contributed by atoms with E-state index in [-0.39, 0.29) is 0 Å². The molecule has 23 heavy (non-hydrogen) atoms. The van der Waals surface area contributed by atoms with Crippen molar-refractivity contribution < 1.29 is 0 Å². The Bertz CT molecular complexity index is 796. The predicted molar refractivity (Wildman–Crippen MR) is 98.8 cm³/mol. The number of benzene rings is 1. The number of hydrogen-bond acceptors (Lipinski definition) is 4. The topological polar surface area (TPSA) is 37.8 Å². The van der Waals surface area contributed by atoms with Crippen LogP contribution in [0.15, 0.2) is 41.9 Å². The van der Waals surface area contributed by atoms with Gasteiger partial charge >= 0.3 is 0 Å². The van der Waals surface area contributed by atoms with Crippen molar-refractivity contribution in [1.29, 1.82) is 0 Å². The van der Waals surface area contributed by atoms with Gasteiger partial charge in [-0.05, 0) is 42.2 Å². The minimum Gasteiger partial charge on any atom is -0.330 e. The van der Waals surface area contributed by atoms with Crippen LogP contribution in [0.25, 0.3) is 11.3 Å². The third kappa shape index (κ3) is 3.71. The van der Waals surface area contributed by atoms with E-state index in [1.165, 1.54) is 16.7 Å². The highest BCUT2D eigenvalue weighted by molar-refractivity contribution is 7.14. The average molecular weight is 344 g/mol. The molecule has 3 aromatic rings. The second kappa shape index (κ2) is 7.11. The molecule has 0 saturated carbocycles. The quantitative estimate of drug-likeness (QED) is 0.601. The molecule has 1 N–H and O–H groups in total. The van der Waals surface area contributed by atoms with Crippen LogP contribution in [-0.4, -0.2) is 9.97 Å². The fourth-order valence-electron chi connectivity index (χ4n) is 2.42. The van der Waals surface area contributed by atoms with Crippen LogP contribution in [-0.2, 0) is 12.8 Å². The number of anilines is 2. The normalized spacial score (nSPS) is 10.7. The van der Waals surface area contributed by atoms with Gasteiger partial charge in [0.05, 0.1) is 17.6 Å². The largest absolute Gasteiger partial charge is 0.330 e. The molecule has 0 spiro atoms. The molecule has 3 rings (SSSR count). The van der Waals surface area contributed by atoms with Gasteiger partial charge in [0.25, 0.3) is 0 Å². The Hall–Kier alpha value is -1.91. The molecule has 1 aromatic carbocycles. The number of pyridine rings is 1. The van der Waals surface area contributed by atoms with Gasteiger partial charge in [-0.3, -0.25) is 0 Å². The summed E-state index contributed by atoms with van der Waals surface area (Å²) < 4.78 is 0. The van der Waals surface area contributed by atoms with Crippen LogP contribution in [0.4, 0.5) is 10.8 Å². The Morgan fingerprint density at radius 3 is 2.70 bits per heavy atom. The predicted octanol–water partition coefficient (Wildman–Crippen LogP) is 5.73. The first-order valence-electron chi connectivity index (χ1n) is 7.66. The van der Waals surface area contributed by atoms with Crippen LogP contribution in [0.2, 0.25) is 5.15 Å². The lowest BCUT2D eigenvalue weighted by Crippen LogP contribution is -1.93. The number of hydrogen-bond donors (Lipinski definition) is 1. The maximum atomic E-state index is 5.81. The zero-order valence-corrected chi connectivity index (χ0v) is 14.7. The molecule has 0 radical (unpaired) electrons. The molecule has 0 aliphatic carbocycles. The first-order valence-corrected chi connectivity index (χ1v) is 8.91. The Kier molecular flexibility index (Phi) is 4.94. The summed E-state index contributed by atoms with van der Waals surface area (Å²) in [5.74, 6) is 0. The lowest BCUT2D eigenvalue weighted by atomic mass is 9.99. The third-order valence-corrected chi connectivity index (χ3v) is 4.70. The van der Waals surface area contributed by atoms with Crippen molar-refractivity contribution in [2.75, 3.05) is 5.32 Å². The first-order chi connectivity index (χ1) is 11.2. The van der Waals surface area contributed by atoms with Gasteiger partial charge in [0.15, 0.2) is 5.13 Å². The molecular weight excluding hydrogens is 326 g/mol. The summed E-state index contributed by atoms with van der Waals surface area (Å²) in [5.41, 5.74) is 5.79. The molecule has 3 nitrogen and oxygen atoms in total. The monoisotopic (exact) mass is 343 g/mol. The highest BCUT2D eigenvalue weighted by atomic mass is 35.5. The van der Waals surface area contributed by atoms with E-state index in [9.17, 15) is 0 Å². The number of thiazole rings is 1. The zero-order chi connectivity index (χ0) is 16.2. The maximum absolute atomic E-state index is 5.81. The molecule has 0 aliphatic rings. The molecule has 0 unspecified atom stereocenters. The van der Waals surface area contributed by atoms with Crippen LogP contribution in [0.3, 0.4) is 0 Å². The van der Waals surface area contributed by atoms with Crippen LogP contribution >= 0.6 is 22.9 Å². The number of nitrogens with one attached hydrogen (secondary N) is 1. The highest BCUT2D eigenvalue weighted by Crippen LogP contribution is 2.30. The third-order valence-electron chi connectivity index (χ3n) is 3.72. The summed E-state index contributed by atoms with van der Waals surface area (Å²) >= 11 is 7.40. The van der Waals surface area contributed by atoms with E-state index in [0.717, 1.165) is 29.4 Å². The molecule has 0 atom stereocenters. The van der Waals surface area contributed by atoms with Crippen molar-refractivity contribution >= 4 is 33.8 Å². The number of aryl methyl sites for hydroxylation is 2. The van der Waals surface area contributed by atoms with Crippen molar-refractivity contribution in [3.8, 4) is 11.3 Å². The second-order valence-corrected chi connectivity index (χ2v) is 6.48. The van der Waals surface area contributed by atoms with Crippen molar-refractivity contribution in [2.45, 2.75) is 26.7 Å². The number of rotatable bonds is 5. The number of nitrogens with zero attached hydrogens (tertiary/aromatic N) is 2. The fraction of sp³-hybridized carbons (Fsp3) is 0.222. The van der Waals surface area contributed by atoms with E-state index in [1.54, 1.807) is 23.6 Å². The zero-order valence-electron chi connectivity index (χ0n) is 13.1. The summed E-state index contributed by atoms with van der Waals surface area (Å²) in [4.78, 5) is 8.80. The summed E-state index contributed by atoms with van der Waals surface area (Å²) in [7, 11) is 0. The van der Waals surface area contributed by atoms with Gasteiger partial charge in [-0.25, -0.2) is 9.97 Å². The molecular formula is C18H18ClN3S. The van der Waals surface area contributed by atoms with Crippen LogP contribution in [0.5, 0.6) is 0 Å². The van der Waals surface area contributed by atoms with Crippen molar-refractivity contribution in [3.63, 3.8) is 0 Å². The van der Waals surface area contributed by atoms with Gasteiger partial charge in [-0.2, -0.15) is 0 Å². The van der Waals surface area contributed by atoms with Crippen LogP contribution < -0.4 is 5.32 Å². The van der Waals surface area contributed by atoms with Crippen molar-refractivity contribution in [3.05, 3.63) is 58.2 Å². The fourth-order valence-corrected chi connectivity index (χ4v) is 3.26. The smallest absolute Gasteiger partial charge is 0.187 e. The van der Waals surface area contributed by atoms with Gasteiger partial charge in [-0.15, -0.1) is 11.3 Å². The average Bonchev–Trinajstić information content (AvgIpc) is 3.04. The Labute approximate surface area is 145 Å². The summed E-state index contributed by atoms with van der Waals surface area (Å²) in [6, 6.07) is 10.3. The van der Waals surface area contributed by atoms with Crippen molar-refractivity contribution in [1.82, 2.24) is 9.97 Å². The van der Waals surface area contributed by atoms with E-state index in [4.69, 9.17) is 16.6 Å². The molecule has 0 amide bonds. The number of aromatic nitrogens is 2. The van der Waals surface area contributed by atoms with Gasteiger partial charge < -0.3 is 5.32 Å². The molecule has 2 aromatic heterocycles. The minimum atomic E-state index is 0.486. The Balaban J connectivity index is 1.88. The standard InChI is InChI=1S/C18H18ClN3S/c1-3-12-5-6-13(4-2)15(9-12)16-11-23-18(22-16)21-14-7-8-17(19)20-10-14/h5-11H,3-4H2,1-2H3,(H,21,22).